The fourth-order valence-electron chi connectivity index (χ4n) is 3.90. The monoisotopic (exact) mass is 380 g/mol. The summed E-state index contributed by atoms with van der Waals surface area (Å²) in [6.07, 6.45) is 6.16. The highest BCUT2D eigenvalue weighted by molar-refractivity contribution is 6.07. The lowest BCUT2D eigenvalue weighted by molar-refractivity contribution is 0.102. The van der Waals surface area contributed by atoms with E-state index < -0.39 is 0 Å². The first-order valence-electron chi connectivity index (χ1n) is 9.79. The maximum Gasteiger partial charge on any atom is 0.255 e. The highest BCUT2D eigenvalue weighted by Gasteiger charge is 2.20. The molecule has 3 aromatic rings. The number of rotatable bonds is 4. The molecule has 1 amide bonds. The highest BCUT2D eigenvalue weighted by Crippen LogP contribution is 2.35. The van der Waals surface area contributed by atoms with Crippen LogP contribution in [0.4, 0.5) is 15.8 Å². The summed E-state index contributed by atoms with van der Waals surface area (Å²) in [6, 6.07) is 9.47. The summed E-state index contributed by atoms with van der Waals surface area (Å²) in [5, 5.41) is 2.96. The van der Waals surface area contributed by atoms with E-state index in [0.29, 0.717) is 17.2 Å². The van der Waals surface area contributed by atoms with Gasteiger partial charge < -0.3 is 15.2 Å². The molecular weight excluding hydrogens is 355 g/mol. The molecule has 0 radical (unpaired) electrons. The van der Waals surface area contributed by atoms with Gasteiger partial charge in [-0.3, -0.25) is 4.79 Å². The summed E-state index contributed by atoms with van der Waals surface area (Å²) >= 11 is 0. The lowest BCUT2D eigenvalue weighted by Crippen LogP contribution is -2.16. The molecule has 0 bridgehead atoms. The smallest absolute Gasteiger partial charge is 0.255 e. The molecule has 4 rings (SSSR count). The Morgan fingerprint density at radius 1 is 1.14 bits per heavy atom. The molecule has 146 valence electrons. The number of anilines is 2. The number of fused-ring (bicyclic) bond motifs is 1. The summed E-state index contributed by atoms with van der Waals surface area (Å²) < 4.78 is 13.1. The second-order valence-electron chi connectivity index (χ2n) is 7.70. The predicted molar refractivity (Wildman–Crippen MR) is 111 cm³/mol. The lowest BCUT2D eigenvalue weighted by Gasteiger charge is -2.18. The minimum Gasteiger partial charge on any atom is -0.376 e. The van der Waals surface area contributed by atoms with Crippen LogP contribution in [0.3, 0.4) is 0 Å². The molecule has 1 heterocycles. The fraction of sp³-hybridized carbons (Fsp3) is 0.364. The SMILES string of the molecule is CN(C)c1cc2nc(C3CCCCC3)[nH]c2cc1NC(=O)c1ccc(F)cc1. The van der Waals surface area contributed by atoms with Gasteiger partial charge in [0.15, 0.2) is 0 Å². The average molecular weight is 380 g/mol. The van der Waals surface area contributed by atoms with Gasteiger partial charge in [0.25, 0.3) is 5.91 Å². The second-order valence-corrected chi connectivity index (χ2v) is 7.70. The number of aromatic amines is 1. The quantitative estimate of drug-likeness (QED) is 0.664. The molecule has 6 heteroatoms. The van der Waals surface area contributed by atoms with Gasteiger partial charge in [-0.1, -0.05) is 19.3 Å². The van der Waals surface area contributed by atoms with Gasteiger partial charge in [-0.2, -0.15) is 0 Å². The summed E-state index contributed by atoms with van der Waals surface area (Å²) in [6.45, 7) is 0. The molecule has 1 aromatic heterocycles. The van der Waals surface area contributed by atoms with Crippen molar-refractivity contribution < 1.29 is 9.18 Å². The zero-order valence-corrected chi connectivity index (χ0v) is 16.3. The van der Waals surface area contributed by atoms with Gasteiger partial charge in [-0.15, -0.1) is 0 Å². The number of nitrogens with one attached hydrogen (secondary N) is 2. The highest BCUT2D eigenvalue weighted by atomic mass is 19.1. The van der Waals surface area contributed by atoms with Gasteiger partial charge in [0.2, 0.25) is 0 Å². The van der Waals surface area contributed by atoms with Crippen LogP contribution in [0.15, 0.2) is 36.4 Å². The van der Waals surface area contributed by atoms with E-state index >= 15 is 0 Å². The van der Waals surface area contributed by atoms with Gasteiger partial charge in [-0.05, 0) is 49.2 Å². The Hall–Kier alpha value is -2.89. The third kappa shape index (κ3) is 3.72. The van der Waals surface area contributed by atoms with Crippen LogP contribution in [0.25, 0.3) is 11.0 Å². The van der Waals surface area contributed by atoms with Crippen LogP contribution in [-0.2, 0) is 0 Å². The Morgan fingerprint density at radius 2 is 1.86 bits per heavy atom. The van der Waals surface area contributed by atoms with E-state index in [1.807, 2.05) is 31.1 Å². The molecule has 0 unspecified atom stereocenters. The largest absolute Gasteiger partial charge is 0.376 e. The minimum atomic E-state index is -0.361. The molecule has 5 nitrogen and oxygen atoms in total. The van der Waals surface area contributed by atoms with Crippen molar-refractivity contribution in [3.05, 3.63) is 53.6 Å². The van der Waals surface area contributed by atoms with Crippen LogP contribution in [0.1, 0.15) is 54.2 Å². The first-order chi connectivity index (χ1) is 13.5. The van der Waals surface area contributed by atoms with Crippen LogP contribution in [0, 0.1) is 5.82 Å². The number of hydrogen-bond acceptors (Lipinski definition) is 3. The van der Waals surface area contributed by atoms with Crippen molar-refractivity contribution in [3.8, 4) is 0 Å². The van der Waals surface area contributed by atoms with Crippen LogP contribution in [-0.4, -0.2) is 30.0 Å². The van der Waals surface area contributed by atoms with Crippen LogP contribution >= 0.6 is 0 Å². The van der Waals surface area contributed by atoms with Crippen LogP contribution in [0.5, 0.6) is 0 Å². The minimum absolute atomic E-state index is 0.269. The Morgan fingerprint density at radius 3 is 2.54 bits per heavy atom. The zero-order valence-electron chi connectivity index (χ0n) is 16.3. The van der Waals surface area contributed by atoms with Crippen molar-refractivity contribution >= 4 is 28.3 Å². The number of carbonyl (C=O) groups excluding carboxylic acids is 1. The molecule has 1 aliphatic rings. The first-order valence-corrected chi connectivity index (χ1v) is 9.79. The van der Waals surface area contributed by atoms with Gasteiger partial charge in [-0.25, -0.2) is 9.37 Å². The molecule has 1 saturated carbocycles. The van der Waals surface area contributed by atoms with Crippen molar-refractivity contribution in [1.82, 2.24) is 9.97 Å². The molecule has 2 N–H and O–H groups in total. The number of amides is 1. The van der Waals surface area contributed by atoms with E-state index in [4.69, 9.17) is 4.98 Å². The van der Waals surface area contributed by atoms with E-state index in [-0.39, 0.29) is 11.7 Å². The van der Waals surface area contributed by atoms with Crippen molar-refractivity contribution in [2.75, 3.05) is 24.3 Å². The van der Waals surface area contributed by atoms with Crippen molar-refractivity contribution in [3.63, 3.8) is 0 Å². The number of benzene rings is 2. The number of halogens is 1. The molecule has 28 heavy (non-hydrogen) atoms. The Labute approximate surface area is 164 Å². The third-order valence-corrected chi connectivity index (χ3v) is 5.45. The van der Waals surface area contributed by atoms with E-state index in [9.17, 15) is 9.18 Å². The zero-order chi connectivity index (χ0) is 19.7. The number of hydrogen-bond donors (Lipinski definition) is 2. The first kappa shape index (κ1) is 18.5. The molecule has 1 fully saturated rings. The van der Waals surface area contributed by atoms with Crippen LogP contribution in [0.2, 0.25) is 0 Å². The van der Waals surface area contributed by atoms with Gasteiger partial charge in [0.05, 0.1) is 22.4 Å². The number of H-pyrrole nitrogens is 1. The second kappa shape index (κ2) is 7.62. The summed E-state index contributed by atoms with van der Waals surface area (Å²) in [7, 11) is 3.87. The van der Waals surface area contributed by atoms with Gasteiger partial charge >= 0.3 is 0 Å². The Balaban J connectivity index is 1.66. The summed E-state index contributed by atoms with van der Waals surface area (Å²) in [5.41, 5.74) is 3.82. The number of imidazole rings is 1. The normalized spacial score (nSPS) is 15.0. The summed E-state index contributed by atoms with van der Waals surface area (Å²) in [5.74, 6) is 0.900. The standard InChI is InChI=1S/C22H25FN4O/c1-27(2)20-13-18-17(24-21(25-18)14-6-4-3-5-7-14)12-19(20)26-22(28)15-8-10-16(23)11-9-15/h8-14H,3-7H2,1-2H3,(H,24,25)(H,26,28). The topological polar surface area (TPSA) is 61.0 Å². The van der Waals surface area contributed by atoms with E-state index in [2.05, 4.69) is 10.3 Å². The maximum atomic E-state index is 13.1. The summed E-state index contributed by atoms with van der Waals surface area (Å²) in [4.78, 5) is 22.9. The van der Waals surface area contributed by atoms with Crippen molar-refractivity contribution in [2.45, 2.75) is 38.0 Å². The molecule has 0 spiro atoms. The maximum absolute atomic E-state index is 13.1. The molecule has 2 aromatic carbocycles. The van der Waals surface area contributed by atoms with Crippen molar-refractivity contribution in [1.29, 1.82) is 0 Å². The Kier molecular flexibility index (Phi) is 5.03. The van der Waals surface area contributed by atoms with Crippen LogP contribution < -0.4 is 10.2 Å². The van der Waals surface area contributed by atoms with Crippen molar-refractivity contribution in [2.24, 2.45) is 0 Å². The number of carbonyl (C=O) groups is 1. The lowest BCUT2D eigenvalue weighted by atomic mass is 9.89. The molecule has 1 aliphatic carbocycles. The van der Waals surface area contributed by atoms with E-state index in [1.54, 1.807) is 0 Å². The molecular formula is C22H25FN4O. The third-order valence-electron chi connectivity index (χ3n) is 5.45. The molecule has 0 aliphatic heterocycles. The predicted octanol–water partition coefficient (Wildman–Crippen LogP) is 5.07. The molecule has 0 saturated heterocycles. The average Bonchev–Trinajstić information content (AvgIpc) is 3.11. The fourth-order valence-corrected chi connectivity index (χ4v) is 3.90. The molecule has 0 atom stereocenters. The number of nitrogens with zero attached hydrogens (tertiary/aromatic N) is 2. The van der Waals surface area contributed by atoms with Gasteiger partial charge in [0, 0.05) is 25.6 Å². The van der Waals surface area contributed by atoms with E-state index in [1.165, 1.54) is 56.4 Å². The van der Waals surface area contributed by atoms with E-state index in [0.717, 1.165) is 22.5 Å². The Bertz CT molecular complexity index is 988. The number of aromatic nitrogens is 2. The van der Waals surface area contributed by atoms with Gasteiger partial charge in [0.1, 0.15) is 11.6 Å².